The molecule has 4 aromatic carbocycles. The molecule has 38 nitrogen and oxygen atoms in total. The van der Waals surface area contributed by atoms with Crippen molar-refractivity contribution >= 4 is 139 Å². The largest absolute Gasteiger partial charge is 0.543 e. The van der Waals surface area contributed by atoms with E-state index in [0.29, 0.717) is 11.8 Å². The van der Waals surface area contributed by atoms with Gasteiger partial charge in [0.1, 0.15) is 23.3 Å². The summed E-state index contributed by atoms with van der Waals surface area (Å²) in [6.07, 6.45) is 6.74. The molecular formula is C66H60F2N10O28S2-14. The summed E-state index contributed by atoms with van der Waals surface area (Å²) >= 11 is 3.35. The highest BCUT2D eigenvalue weighted by molar-refractivity contribution is 7.14. The number of carbonyl (C=O) groups excluding carboxylic acids is 14. The lowest BCUT2D eigenvalue weighted by molar-refractivity contribution is -0.345. The molecule has 6 heterocycles. The Hall–Kier alpha value is -13.0. The topological polar surface area (TPSA) is 654 Å². The Morgan fingerprint density at radius 2 is 0.630 bits per heavy atom. The van der Waals surface area contributed by atoms with Crippen LogP contribution in [0.3, 0.4) is 0 Å². The molecule has 108 heavy (non-hydrogen) atoms. The van der Waals surface area contributed by atoms with E-state index in [4.69, 9.17) is 149 Å². The van der Waals surface area contributed by atoms with Crippen LogP contribution in [0.5, 0.6) is 0 Å². The van der Waals surface area contributed by atoms with Gasteiger partial charge >= 0.3 is 0 Å². The number of carboxylic acid groups (broad SMARTS) is 14. The number of rotatable bonds is 16. The third-order valence-electron chi connectivity index (χ3n) is 14.1. The van der Waals surface area contributed by atoms with Gasteiger partial charge in [0.25, 0.3) is 0 Å². The van der Waals surface area contributed by atoms with E-state index in [1.807, 2.05) is 50.2 Å². The summed E-state index contributed by atoms with van der Waals surface area (Å²) in [7, 11) is 0. The number of nitrogens with zero attached hydrogens (tertiary/aromatic N) is 8. The highest BCUT2D eigenvalue weighted by Gasteiger charge is 2.24. The zero-order valence-electron chi connectivity index (χ0n) is 56.4. The summed E-state index contributed by atoms with van der Waals surface area (Å²) in [6.45, 7) is 14.0. The summed E-state index contributed by atoms with van der Waals surface area (Å²) in [5.74, 6) is -27.4. The molecule has 0 bridgehead atoms. The average molecular weight is 1540 g/mol. The zero-order chi connectivity index (χ0) is 81.3. The van der Waals surface area contributed by atoms with Crippen LogP contribution in [0.1, 0.15) is 59.8 Å². The molecule has 2 aliphatic heterocycles. The van der Waals surface area contributed by atoms with E-state index in [2.05, 4.69) is 86.7 Å². The predicted octanol–water partition coefficient (Wildman–Crippen LogP) is -13.9. The fourth-order valence-electron chi connectivity index (χ4n) is 9.32. The number of benzene rings is 4. The third-order valence-corrected chi connectivity index (χ3v) is 16.0. The summed E-state index contributed by atoms with van der Waals surface area (Å²) in [5.41, 5.74) is 8.72. The molecule has 2 saturated heterocycles. The molecule has 8 aromatic rings. The average Bonchev–Trinajstić information content (AvgIpc) is 1.65. The van der Waals surface area contributed by atoms with Crippen molar-refractivity contribution in [2.75, 3.05) is 63.0 Å². The van der Waals surface area contributed by atoms with Crippen LogP contribution in [0.2, 0.25) is 0 Å². The van der Waals surface area contributed by atoms with Gasteiger partial charge in [0.05, 0.1) is 117 Å². The van der Waals surface area contributed by atoms with Crippen LogP contribution in [-0.4, -0.2) is 175 Å². The molecular weight excluding hydrogens is 1480 g/mol. The van der Waals surface area contributed by atoms with E-state index in [-0.39, 0.29) is 11.6 Å². The minimum atomic E-state index is -2.19. The van der Waals surface area contributed by atoms with E-state index in [0.717, 1.165) is 145 Å². The third kappa shape index (κ3) is 36.5. The molecule has 0 saturated carbocycles. The Morgan fingerprint density at radius 1 is 0.380 bits per heavy atom. The number of carboxylic acids is 14. The van der Waals surface area contributed by atoms with Crippen LogP contribution in [0.4, 0.5) is 19.0 Å². The van der Waals surface area contributed by atoms with E-state index in [1.165, 1.54) is 49.9 Å². The van der Waals surface area contributed by atoms with Gasteiger partial charge in [-0.2, -0.15) is 0 Å². The first-order valence-electron chi connectivity index (χ1n) is 30.9. The van der Waals surface area contributed by atoms with E-state index in [9.17, 15) is 8.78 Å². The Labute approximate surface area is 616 Å². The number of nitrogens with one attached hydrogen (secondary N) is 2. The molecule has 0 atom stereocenters. The highest BCUT2D eigenvalue weighted by atomic mass is 32.1. The van der Waals surface area contributed by atoms with Crippen LogP contribution in [-0.2, 0) is 93.1 Å². The number of para-hydroxylation sites is 4. The zero-order valence-corrected chi connectivity index (χ0v) is 58.1. The highest BCUT2D eigenvalue weighted by Crippen LogP contribution is 2.28. The molecule has 0 amide bonds. The minimum absolute atomic E-state index is 0.196. The number of imidazole rings is 2. The van der Waals surface area contributed by atoms with Gasteiger partial charge in [-0.25, -0.2) is 28.7 Å². The van der Waals surface area contributed by atoms with Crippen molar-refractivity contribution in [1.29, 1.82) is 0 Å². The van der Waals surface area contributed by atoms with Crippen LogP contribution in [0, 0.1) is 37.3 Å². The monoisotopic (exact) mass is 1540 g/mol. The number of aryl methyl sites for hydroxylation is 2. The maximum atomic E-state index is 13.4. The number of fused-ring (bicyclic) bond motifs is 2. The lowest BCUT2D eigenvalue weighted by atomic mass is 9.93. The molecule has 582 valence electrons. The second-order valence-corrected chi connectivity index (χ2v) is 23.6. The van der Waals surface area contributed by atoms with Crippen LogP contribution in [0.25, 0.3) is 22.1 Å². The van der Waals surface area contributed by atoms with Gasteiger partial charge in [-0.3, -0.25) is 0 Å². The van der Waals surface area contributed by atoms with E-state index < -0.39 is 83.6 Å². The van der Waals surface area contributed by atoms with Crippen molar-refractivity contribution < 1.29 is 147 Å². The van der Waals surface area contributed by atoms with Crippen molar-refractivity contribution in [3.63, 3.8) is 0 Å². The van der Waals surface area contributed by atoms with Gasteiger partial charge in [-0.15, -0.1) is 22.7 Å². The molecule has 2 N–H and O–H groups in total. The summed E-state index contributed by atoms with van der Waals surface area (Å²) < 4.78 is 31.4. The summed E-state index contributed by atoms with van der Waals surface area (Å²) in [6, 6.07) is 30.3. The van der Waals surface area contributed by atoms with E-state index >= 15 is 0 Å². The Kier molecular flexibility index (Phi) is 40.0. The predicted molar refractivity (Wildman–Crippen MR) is 337 cm³/mol. The normalized spacial score (nSPS) is 12.2. The minimum Gasteiger partial charge on any atom is -0.543 e. The molecule has 42 heteroatoms. The first-order chi connectivity index (χ1) is 50.8. The van der Waals surface area contributed by atoms with Crippen molar-refractivity contribution in [2.24, 2.45) is 11.8 Å². The number of halogens is 2. The number of anilines is 2. The Bertz CT molecular complexity index is 3850. The lowest BCUT2D eigenvalue weighted by Crippen LogP contribution is -2.42. The van der Waals surface area contributed by atoms with Gasteiger partial charge < -0.3 is 168 Å². The van der Waals surface area contributed by atoms with Crippen LogP contribution < -0.4 is 82.1 Å². The molecule has 0 spiro atoms. The molecule has 10 rings (SSSR count). The smallest absolute Gasteiger partial charge is 0.182 e. The number of carbonyl (C=O) groups is 14. The van der Waals surface area contributed by atoms with Crippen molar-refractivity contribution in [1.82, 2.24) is 38.9 Å². The first kappa shape index (κ1) is 91.1. The molecule has 2 aliphatic rings. The van der Waals surface area contributed by atoms with Crippen LogP contribution in [0.15, 0.2) is 108 Å². The number of thiazole rings is 2. The summed E-state index contributed by atoms with van der Waals surface area (Å²) in [4.78, 5) is 149. The second kappa shape index (κ2) is 47.4. The molecule has 0 unspecified atom stereocenters. The van der Waals surface area contributed by atoms with Gasteiger partial charge in [0.2, 0.25) is 0 Å². The standard InChI is InChI=1S/2C26H30FN5S.7C2H2O4/c2*1-19-18-33-26(29-19)28-12-15-31-13-10-20(11-14-31)16-25-30-23-4-2-3-5-24(23)32(25)17-21-6-8-22(27)9-7-21;7*3-1(4)2(5)6/h2*2-9,18,20H,10-17H2,1H3,(H,28,29);7*(H,3,4)(H,5,6)/p-14. The van der Waals surface area contributed by atoms with Gasteiger partial charge in [0.15, 0.2) is 10.3 Å². The van der Waals surface area contributed by atoms with Crippen LogP contribution >= 0.6 is 22.7 Å². The van der Waals surface area contributed by atoms with Crippen molar-refractivity contribution in [2.45, 2.75) is 65.5 Å². The number of likely N-dealkylation sites (tertiary alicyclic amines) is 2. The number of aromatic nitrogens is 6. The van der Waals surface area contributed by atoms with Crippen molar-refractivity contribution in [3.8, 4) is 0 Å². The Balaban J connectivity index is 0.000000483. The van der Waals surface area contributed by atoms with E-state index in [1.54, 1.807) is 22.7 Å². The second-order valence-electron chi connectivity index (χ2n) is 21.9. The number of piperidine rings is 2. The Morgan fingerprint density at radius 3 is 0.861 bits per heavy atom. The number of aliphatic carboxylic acids is 14. The number of hydrogen-bond acceptors (Lipinski definition) is 38. The fourth-order valence-corrected chi connectivity index (χ4v) is 10.8. The molecule has 4 aromatic heterocycles. The fraction of sp³-hybridized carbons (Fsp3) is 0.303. The number of hydrogen-bond donors (Lipinski definition) is 2. The van der Waals surface area contributed by atoms with Gasteiger partial charge in [-0.1, -0.05) is 48.5 Å². The SMILES string of the molecule is Cc1csc(NCCN2CCC(Cc3nc4ccccc4n3Cc3ccc(F)cc3)CC2)n1.Cc1csc(NCCN2CCC(Cc3nc4ccccc4n3Cc3ccc(F)cc3)CC2)n1.O=C([O-])C(=O)[O-].O=C([O-])C(=O)[O-].O=C([O-])C(=O)[O-].O=C([O-])C(=O)[O-].O=C([O-])C(=O)[O-].O=C([O-])C(=O)[O-].O=C([O-])C(=O)[O-]. The van der Waals surface area contributed by atoms with Crippen molar-refractivity contribution in [3.05, 3.63) is 154 Å². The molecule has 2 fully saturated rings. The van der Waals surface area contributed by atoms with Gasteiger partial charge in [-0.05, 0) is 137 Å². The maximum Gasteiger partial charge on any atom is 0.182 e. The quantitative estimate of drug-likeness (QED) is 0.0848. The maximum absolute atomic E-state index is 13.4. The summed E-state index contributed by atoms with van der Waals surface area (Å²) in [5, 5.41) is 138. The molecule has 0 radical (unpaired) electrons. The first-order valence-corrected chi connectivity index (χ1v) is 32.6. The molecule has 0 aliphatic carbocycles. The lowest BCUT2D eigenvalue weighted by Gasteiger charge is -2.31. The van der Waals surface area contributed by atoms with Gasteiger partial charge in [0, 0.05) is 62.9 Å².